The van der Waals surface area contributed by atoms with Gasteiger partial charge in [-0.05, 0) is 48.7 Å². The van der Waals surface area contributed by atoms with Gasteiger partial charge in [-0.1, -0.05) is 35.9 Å². The highest BCUT2D eigenvalue weighted by Crippen LogP contribution is 2.17. The van der Waals surface area contributed by atoms with Crippen molar-refractivity contribution in [3.63, 3.8) is 0 Å². The highest BCUT2D eigenvalue weighted by molar-refractivity contribution is 6.30. The first-order valence-corrected chi connectivity index (χ1v) is 7.72. The fraction of sp³-hybridized carbons (Fsp3) is 0.278. The first-order chi connectivity index (χ1) is 10.7. The zero-order chi connectivity index (χ0) is 15.8. The van der Waals surface area contributed by atoms with Crippen LogP contribution in [0.4, 0.5) is 0 Å². The highest BCUT2D eigenvalue weighted by Gasteiger charge is 2.07. The molecule has 22 heavy (non-hydrogen) atoms. The third-order valence-corrected chi connectivity index (χ3v) is 3.57. The molecule has 2 aromatic rings. The Morgan fingerprint density at radius 1 is 1.18 bits per heavy atom. The van der Waals surface area contributed by atoms with Crippen molar-refractivity contribution in [2.45, 2.75) is 12.5 Å². The summed E-state index contributed by atoms with van der Waals surface area (Å²) in [6.45, 7) is 5.51. The summed E-state index contributed by atoms with van der Waals surface area (Å²) in [5, 5.41) is 13.8. The van der Waals surface area contributed by atoms with E-state index in [9.17, 15) is 5.11 Å². The fourth-order valence-corrected chi connectivity index (χ4v) is 2.26. The molecule has 0 saturated heterocycles. The van der Waals surface area contributed by atoms with Crippen molar-refractivity contribution in [2.75, 3.05) is 19.7 Å². The molecule has 2 N–H and O–H groups in total. The summed E-state index contributed by atoms with van der Waals surface area (Å²) < 4.78 is 5.63. The summed E-state index contributed by atoms with van der Waals surface area (Å²) in [6, 6.07) is 15.2. The van der Waals surface area contributed by atoms with Crippen LogP contribution >= 0.6 is 11.6 Å². The van der Waals surface area contributed by atoms with Crippen LogP contribution in [0.3, 0.4) is 0 Å². The molecule has 3 nitrogen and oxygen atoms in total. The van der Waals surface area contributed by atoms with Crippen LogP contribution in [0.1, 0.15) is 17.2 Å². The molecule has 4 heteroatoms. The Balaban J connectivity index is 1.66. The molecular formula is C18H21ClNO2. The molecule has 0 heterocycles. The molecular weight excluding hydrogens is 298 g/mol. The van der Waals surface area contributed by atoms with E-state index in [1.807, 2.05) is 36.4 Å². The molecule has 1 atom stereocenters. The summed E-state index contributed by atoms with van der Waals surface area (Å²) in [4.78, 5) is 0. The second-order valence-corrected chi connectivity index (χ2v) is 5.45. The van der Waals surface area contributed by atoms with Gasteiger partial charge >= 0.3 is 0 Å². The first-order valence-electron chi connectivity index (χ1n) is 7.34. The van der Waals surface area contributed by atoms with Crippen LogP contribution in [-0.2, 0) is 6.42 Å². The third kappa shape index (κ3) is 5.34. The van der Waals surface area contributed by atoms with Gasteiger partial charge in [-0.2, -0.15) is 0 Å². The summed E-state index contributed by atoms with van der Waals surface area (Å²) in [5.41, 5.74) is 2.00. The number of benzene rings is 2. The molecule has 0 amide bonds. The SMILES string of the molecule is [CH2]Cc1ccc(OCCNCC(O)c2cccc(Cl)c2)cc1. The maximum Gasteiger partial charge on any atom is 0.119 e. The van der Waals surface area contributed by atoms with Crippen molar-refractivity contribution in [2.24, 2.45) is 0 Å². The van der Waals surface area contributed by atoms with E-state index in [-0.39, 0.29) is 0 Å². The lowest BCUT2D eigenvalue weighted by atomic mass is 10.1. The Kier molecular flexibility index (Phi) is 6.72. The molecule has 117 valence electrons. The standard InChI is InChI=1S/C18H21ClNO2/c1-2-14-6-8-17(9-7-14)22-11-10-20-13-18(21)15-4-3-5-16(19)12-15/h3-9,12,18,20-21H,1-2,10-11,13H2. The lowest BCUT2D eigenvalue weighted by Crippen LogP contribution is -2.26. The topological polar surface area (TPSA) is 41.5 Å². The molecule has 1 unspecified atom stereocenters. The quantitative estimate of drug-likeness (QED) is 0.733. The van der Waals surface area contributed by atoms with Gasteiger partial charge in [0.1, 0.15) is 12.4 Å². The van der Waals surface area contributed by atoms with Gasteiger partial charge in [-0.3, -0.25) is 0 Å². The number of halogens is 1. The minimum atomic E-state index is -0.574. The molecule has 2 rings (SSSR count). The van der Waals surface area contributed by atoms with Crippen LogP contribution in [-0.4, -0.2) is 24.8 Å². The Labute approximate surface area is 136 Å². The zero-order valence-corrected chi connectivity index (χ0v) is 13.2. The number of aliphatic hydroxyl groups is 1. The number of hydrogen-bond donors (Lipinski definition) is 2. The lowest BCUT2D eigenvalue weighted by Gasteiger charge is -2.13. The van der Waals surface area contributed by atoms with Crippen molar-refractivity contribution in [1.82, 2.24) is 5.32 Å². The average Bonchev–Trinajstić information content (AvgIpc) is 2.55. The maximum atomic E-state index is 10.1. The molecule has 0 saturated carbocycles. The summed E-state index contributed by atoms with van der Waals surface area (Å²) in [7, 11) is 0. The van der Waals surface area contributed by atoms with E-state index in [0.717, 1.165) is 17.7 Å². The lowest BCUT2D eigenvalue weighted by molar-refractivity contribution is 0.172. The maximum absolute atomic E-state index is 10.1. The highest BCUT2D eigenvalue weighted by atomic mass is 35.5. The molecule has 0 fully saturated rings. The molecule has 0 aliphatic rings. The van der Waals surface area contributed by atoms with E-state index < -0.39 is 6.10 Å². The minimum Gasteiger partial charge on any atom is -0.492 e. The van der Waals surface area contributed by atoms with Gasteiger partial charge in [0, 0.05) is 18.1 Å². The second-order valence-electron chi connectivity index (χ2n) is 5.02. The molecule has 0 bridgehead atoms. The number of aliphatic hydroxyl groups excluding tert-OH is 1. The molecule has 0 spiro atoms. The predicted octanol–water partition coefficient (Wildman–Crippen LogP) is 3.42. The van der Waals surface area contributed by atoms with Crippen molar-refractivity contribution in [3.8, 4) is 5.75 Å². The van der Waals surface area contributed by atoms with Gasteiger partial charge in [-0.25, -0.2) is 0 Å². The van der Waals surface area contributed by atoms with Gasteiger partial charge < -0.3 is 15.2 Å². The van der Waals surface area contributed by atoms with Gasteiger partial charge in [0.2, 0.25) is 0 Å². The molecule has 0 aromatic heterocycles. The van der Waals surface area contributed by atoms with E-state index in [1.54, 1.807) is 12.1 Å². The van der Waals surface area contributed by atoms with E-state index in [1.165, 1.54) is 5.56 Å². The van der Waals surface area contributed by atoms with Crippen LogP contribution in [0.2, 0.25) is 5.02 Å². The van der Waals surface area contributed by atoms with Crippen LogP contribution < -0.4 is 10.1 Å². The molecule has 0 aliphatic heterocycles. The number of nitrogens with one attached hydrogen (secondary N) is 1. The van der Waals surface area contributed by atoms with Crippen LogP contribution in [0, 0.1) is 6.92 Å². The smallest absolute Gasteiger partial charge is 0.119 e. The first kappa shape index (κ1) is 16.8. The Hall–Kier alpha value is -1.55. The van der Waals surface area contributed by atoms with Crippen molar-refractivity contribution in [3.05, 3.63) is 71.6 Å². The van der Waals surface area contributed by atoms with Gasteiger partial charge in [0.15, 0.2) is 0 Å². The van der Waals surface area contributed by atoms with Gasteiger partial charge in [-0.15, -0.1) is 0 Å². The van der Waals surface area contributed by atoms with Crippen LogP contribution in [0.25, 0.3) is 0 Å². The Bertz CT molecular complexity index is 572. The normalized spacial score (nSPS) is 12.1. The third-order valence-electron chi connectivity index (χ3n) is 3.33. The van der Waals surface area contributed by atoms with Crippen LogP contribution in [0.5, 0.6) is 5.75 Å². The second kappa shape index (κ2) is 8.79. The van der Waals surface area contributed by atoms with E-state index in [2.05, 4.69) is 12.2 Å². The molecule has 0 aliphatic carbocycles. The Morgan fingerprint density at radius 3 is 2.64 bits per heavy atom. The molecule has 2 aromatic carbocycles. The van der Waals surface area contributed by atoms with Crippen molar-refractivity contribution in [1.29, 1.82) is 0 Å². The zero-order valence-electron chi connectivity index (χ0n) is 12.5. The van der Waals surface area contributed by atoms with E-state index in [4.69, 9.17) is 16.3 Å². The summed E-state index contributed by atoms with van der Waals surface area (Å²) in [5.74, 6) is 0.842. The average molecular weight is 319 g/mol. The minimum absolute atomic E-state index is 0.462. The Morgan fingerprint density at radius 2 is 1.95 bits per heavy atom. The fourth-order valence-electron chi connectivity index (χ4n) is 2.06. The van der Waals surface area contributed by atoms with Crippen molar-refractivity contribution < 1.29 is 9.84 Å². The number of ether oxygens (including phenoxy) is 1. The monoisotopic (exact) mass is 318 g/mol. The number of hydrogen-bond acceptors (Lipinski definition) is 3. The van der Waals surface area contributed by atoms with Gasteiger partial charge in [0.25, 0.3) is 0 Å². The van der Waals surface area contributed by atoms with Gasteiger partial charge in [0.05, 0.1) is 6.10 Å². The molecule has 1 radical (unpaired) electrons. The summed E-state index contributed by atoms with van der Waals surface area (Å²) >= 11 is 5.91. The van der Waals surface area contributed by atoms with E-state index in [0.29, 0.717) is 24.7 Å². The largest absolute Gasteiger partial charge is 0.492 e. The number of rotatable bonds is 8. The van der Waals surface area contributed by atoms with E-state index >= 15 is 0 Å². The predicted molar refractivity (Wildman–Crippen MR) is 90.3 cm³/mol. The summed E-state index contributed by atoms with van der Waals surface area (Å²) in [6.07, 6.45) is 0.207. The van der Waals surface area contributed by atoms with Crippen molar-refractivity contribution >= 4 is 11.6 Å². The van der Waals surface area contributed by atoms with Crippen LogP contribution in [0.15, 0.2) is 48.5 Å².